The molecule has 0 amide bonds. The highest BCUT2D eigenvalue weighted by Crippen LogP contribution is 2.17. The molecule has 0 aliphatic rings. The van der Waals surface area contributed by atoms with Gasteiger partial charge in [0.1, 0.15) is 19.6 Å². The molecule has 4 aromatic carbocycles. The zero-order valence-electron chi connectivity index (χ0n) is 26.1. The Hall–Kier alpha value is -4.89. The summed E-state index contributed by atoms with van der Waals surface area (Å²) < 4.78 is 7.03. The van der Waals surface area contributed by atoms with Crippen molar-refractivity contribution in [2.24, 2.45) is 0 Å². The van der Waals surface area contributed by atoms with E-state index in [1.165, 1.54) is 49.0 Å². The molecule has 0 aliphatic carbocycles. The smallest absolute Gasteiger partial charge is 0.176 e. The lowest BCUT2D eigenvalue weighted by atomic mass is 9.97. The van der Waals surface area contributed by atoms with Crippen LogP contribution in [-0.2, 0) is 38.9 Å². The summed E-state index contributed by atoms with van der Waals surface area (Å²) in [6, 6.07) is 40.0. The van der Waals surface area contributed by atoms with Gasteiger partial charge >= 0.3 is 0 Å². The van der Waals surface area contributed by atoms with Crippen molar-refractivity contribution in [3.63, 3.8) is 0 Å². The number of nitrogens with zero attached hydrogens (tertiary/aromatic N) is 3. The molecule has 3 heterocycles. The van der Waals surface area contributed by atoms with Gasteiger partial charge in [-0.2, -0.15) is 0 Å². The SMILES string of the molecule is c1ccc2c[n+](CCCc3cc(CCC[n+]4ccc5ccccc5c4)cc(CCC[n+]4ccc5ccccc5c4)c3)ccc2c1. The van der Waals surface area contributed by atoms with E-state index in [0.29, 0.717) is 0 Å². The van der Waals surface area contributed by atoms with E-state index in [1.54, 1.807) is 0 Å². The molecule has 0 spiro atoms. The molecule has 0 fully saturated rings. The highest BCUT2D eigenvalue weighted by molar-refractivity contribution is 5.81. The monoisotopic (exact) mass is 588 g/mol. The fourth-order valence-electron chi connectivity index (χ4n) is 6.62. The van der Waals surface area contributed by atoms with E-state index < -0.39 is 0 Å². The van der Waals surface area contributed by atoms with Gasteiger partial charge in [0.2, 0.25) is 0 Å². The molecule has 45 heavy (non-hydrogen) atoms. The summed E-state index contributed by atoms with van der Waals surface area (Å²) in [6.45, 7) is 3.09. The number of fused-ring (bicyclic) bond motifs is 3. The van der Waals surface area contributed by atoms with Crippen LogP contribution in [0.3, 0.4) is 0 Å². The summed E-state index contributed by atoms with van der Waals surface area (Å²) in [5.74, 6) is 0. The standard InChI is InChI=1S/C42H42N3/c1-4-16-40-31-43(25-19-37(40)13-1)22-7-10-34-28-35(11-8-23-44-26-20-38-14-2-5-17-41(38)32-44)30-36(29-34)12-9-24-45-27-21-39-15-3-6-18-42(39)33-45/h1-6,13-21,25-33H,7-12,22-24H2/q+3. The molecule has 0 radical (unpaired) electrons. The number of pyridine rings is 3. The second-order valence-electron chi connectivity index (χ2n) is 12.4. The molecule has 3 nitrogen and oxygen atoms in total. The zero-order chi connectivity index (χ0) is 30.3. The Balaban J connectivity index is 1.02. The average Bonchev–Trinajstić information content (AvgIpc) is 3.08. The maximum absolute atomic E-state index is 2.47. The van der Waals surface area contributed by atoms with Crippen molar-refractivity contribution < 1.29 is 13.7 Å². The van der Waals surface area contributed by atoms with Crippen LogP contribution in [0.4, 0.5) is 0 Å². The van der Waals surface area contributed by atoms with Gasteiger partial charge in [0.05, 0.1) is 0 Å². The van der Waals surface area contributed by atoms with Gasteiger partial charge in [0.25, 0.3) is 0 Å². The Morgan fingerprint density at radius 1 is 0.333 bits per heavy atom. The summed E-state index contributed by atoms with van der Waals surface area (Å²) in [6.07, 6.45) is 20.2. The number of aryl methyl sites for hydroxylation is 6. The summed E-state index contributed by atoms with van der Waals surface area (Å²) in [5.41, 5.74) is 4.42. The maximum Gasteiger partial charge on any atom is 0.176 e. The first kappa shape index (κ1) is 28.9. The maximum atomic E-state index is 2.47. The number of rotatable bonds is 12. The van der Waals surface area contributed by atoms with Gasteiger partial charge in [-0.3, -0.25) is 0 Å². The molecule has 0 unspecified atom stereocenters. The largest absolute Gasteiger partial charge is 0.204 e. The van der Waals surface area contributed by atoms with Gasteiger partial charge in [-0.15, -0.1) is 0 Å². The van der Waals surface area contributed by atoms with Gasteiger partial charge in [0, 0.05) is 53.6 Å². The van der Waals surface area contributed by atoms with Gasteiger partial charge in [-0.25, -0.2) is 13.7 Å². The molecule has 3 aromatic heterocycles. The van der Waals surface area contributed by atoms with Crippen LogP contribution in [0.5, 0.6) is 0 Å². The van der Waals surface area contributed by atoms with Crippen LogP contribution in [0.1, 0.15) is 36.0 Å². The fraction of sp³-hybridized carbons (Fsp3) is 0.214. The van der Waals surface area contributed by atoms with Gasteiger partial charge in [-0.1, -0.05) is 72.8 Å². The van der Waals surface area contributed by atoms with Crippen molar-refractivity contribution in [2.45, 2.75) is 58.2 Å². The number of hydrogen-bond acceptors (Lipinski definition) is 0. The highest BCUT2D eigenvalue weighted by atomic mass is 14.9. The van der Waals surface area contributed by atoms with Crippen molar-refractivity contribution in [3.8, 4) is 0 Å². The minimum absolute atomic E-state index is 1.03. The van der Waals surface area contributed by atoms with Gasteiger partial charge < -0.3 is 0 Å². The van der Waals surface area contributed by atoms with E-state index in [1.807, 2.05) is 0 Å². The lowest BCUT2D eigenvalue weighted by molar-refractivity contribution is -0.696. The molecular formula is C42H42N3+3. The first-order valence-corrected chi connectivity index (χ1v) is 16.5. The lowest BCUT2D eigenvalue weighted by Gasteiger charge is -2.10. The predicted octanol–water partition coefficient (Wildman–Crippen LogP) is 7.91. The minimum Gasteiger partial charge on any atom is -0.204 e. The summed E-state index contributed by atoms with van der Waals surface area (Å²) in [5, 5.41) is 7.81. The van der Waals surface area contributed by atoms with Gasteiger partial charge in [-0.05, 0) is 70.3 Å². The summed E-state index contributed by atoms with van der Waals surface area (Å²) in [7, 11) is 0. The van der Waals surface area contributed by atoms with Crippen LogP contribution in [0.25, 0.3) is 32.3 Å². The first-order valence-electron chi connectivity index (χ1n) is 16.5. The molecule has 0 saturated carbocycles. The van der Waals surface area contributed by atoms with Crippen LogP contribution in [0.2, 0.25) is 0 Å². The third kappa shape index (κ3) is 7.44. The second-order valence-corrected chi connectivity index (χ2v) is 12.4. The van der Waals surface area contributed by atoms with Crippen LogP contribution in [0, 0.1) is 0 Å². The number of benzene rings is 4. The quantitative estimate of drug-likeness (QED) is 0.129. The molecule has 222 valence electrons. The number of hydrogen-bond donors (Lipinski definition) is 0. The van der Waals surface area contributed by atoms with E-state index in [2.05, 4.69) is 160 Å². The van der Waals surface area contributed by atoms with Crippen molar-refractivity contribution in [3.05, 3.63) is 163 Å². The normalized spacial score (nSPS) is 11.5. The first-order chi connectivity index (χ1) is 22.2. The second kappa shape index (κ2) is 13.8. The molecule has 7 rings (SSSR count). The van der Waals surface area contributed by atoms with Crippen molar-refractivity contribution in [1.82, 2.24) is 0 Å². The molecule has 0 saturated heterocycles. The van der Waals surface area contributed by atoms with Crippen molar-refractivity contribution in [2.75, 3.05) is 0 Å². The van der Waals surface area contributed by atoms with E-state index in [-0.39, 0.29) is 0 Å². The summed E-state index contributed by atoms with van der Waals surface area (Å²) in [4.78, 5) is 0. The van der Waals surface area contributed by atoms with E-state index in [4.69, 9.17) is 0 Å². The molecule has 7 aromatic rings. The topological polar surface area (TPSA) is 11.6 Å². The number of aromatic nitrogens is 3. The third-order valence-corrected chi connectivity index (χ3v) is 9.00. The predicted molar refractivity (Wildman–Crippen MR) is 184 cm³/mol. The zero-order valence-corrected chi connectivity index (χ0v) is 26.1. The third-order valence-electron chi connectivity index (χ3n) is 9.00. The lowest BCUT2D eigenvalue weighted by Crippen LogP contribution is -2.33. The van der Waals surface area contributed by atoms with Crippen LogP contribution in [-0.4, -0.2) is 0 Å². The van der Waals surface area contributed by atoms with E-state index in [9.17, 15) is 0 Å². The Labute approximate surface area is 266 Å². The summed E-state index contributed by atoms with van der Waals surface area (Å²) >= 11 is 0. The van der Waals surface area contributed by atoms with E-state index in [0.717, 1.165) is 58.2 Å². The van der Waals surface area contributed by atoms with Gasteiger partial charge in [0.15, 0.2) is 37.2 Å². The highest BCUT2D eigenvalue weighted by Gasteiger charge is 2.09. The Morgan fingerprint density at radius 3 is 0.933 bits per heavy atom. The van der Waals surface area contributed by atoms with E-state index >= 15 is 0 Å². The molecule has 3 heteroatoms. The molecular weight excluding hydrogens is 546 g/mol. The van der Waals surface area contributed by atoms with Crippen molar-refractivity contribution >= 4 is 32.3 Å². The molecule has 0 bridgehead atoms. The Kier molecular flexibility index (Phi) is 8.86. The molecule has 0 atom stereocenters. The average molecular weight is 589 g/mol. The Morgan fingerprint density at radius 2 is 0.622 bits per heavy atom. The van der Waals surface area contributed by atoms with Crippen molar-refractivity contribution in [1.29, 1.82) is 0 Å². The molecule has 0 aliphatic heterocycles. The molecule has 0 N–H and O–H groups in total. The van der Waals surface area contributed by atoms with Crippen LogP contribution < -0.4 is 13.7 Å². The van der Waals surface area contributed by atoms with Crippen LogP contribution >= 0.6 is 0 Å². The fourth-order valence-corrected chi connectivity index (χ4v) is 6.62. The minimum atomic E-state index is 1.03. The Bertz CT molecular complexity index is 1810. The van der Waals surface area contributed by atoms with Crippen LogP contribution in [0.15, 0.2) is 146 Å².